The van der Waals surface area contributed by atoms with E-state index in [2.05, 4.69) is 11.4 Å². The van der Waals surface area contributed by atoms with Crippen molar-refractivity contribution >= 4 is 17.3 Å². The van der Waals surface area contributed by atoms with E-state index in [1.807, 2.05) is 54.3 Å². The number of nitrogens with zero attached hydrogens (tertiary/aromatic N) is 1. The number of nitrogens with one attached hydrogen (secondary N) is 1. The molecule has 1 aliphatic heterocycles. The molecule has 5 heteroatoms. The molecular formula is C20H24N2O3. The van der Waals surface area contributed by atoms with Crippen molar-refractivity contribution in [3.05, 3.63) is 54.1 Å². The molecule has 1 N–H and O–H groups in total. The summed E-state index contributed by atoms with van der Waals surface area (Å²) in [7, 11) is 0. The number of carbonyl (C=O) groups excluding carboxylic acids is 1. The number of rotatable bonds is 8. The van der Waals surface area contributed by atoms with Gasteiger partial charge in [0.05, 0.1) is 13.2 Å². The molecule has 25 heavy (non-hydrogen) atoms. The van der Waals surface area contributed by atoms with Gasteiger partial charge in [-0.3, -0.25) is 4.79 Å². The molecule has 0 saturated heterocycles. The Morgan fingerprint density at radius 3 is 2.72 bits per heavy atom. The third kappa shape index (κ3) is 4.51. The van der Waals surface area contributed by atoms with Crippen LogP contribution in [0.3, 0.4) is 0 Å². The summed E-state index contributed by atoms with van der Waals surface area (Å²) in [5.41, 5.74) is 3.18. The van der Waals surface area contributed by atoms with Gasteiger partial charge in [0.2, 0.25) is 5.91 Å². The zero-order valence-corrected chi connectivity index (χ0v) is 14.5. The fourth-order valence-electron chi connectivity index (χ4n) is 2.90. The quantitative estimate of drug-likeness (QED) is 0.750. The third-order valence-electron chi connectivity index (χ3n) is 4.19. The average Bonchev–Trinajstić information content (AvgIpc) is 3.08. The summed E-state index contributed by atoms with van der Waals surface area (Å²) >= 11 is 0. The molecule has 1 amide bonds. The number of hydrogen-bond donors (Lipinski definition) is 1. The first-order valence-electron chi connectivity index (χ1n) is 8.70. The van der Waals surface area contributed by atoms with E-state index in [9.17, 15) is 4.79 Å². The Bertz CT molecular complexity index is 700. The number of benzene rings is 2. The standard InChI is InChI=1S/C20H24N2O3/c1-2-24-13-14-25-18-9-7-17(8-10-18)21-15-20(23)22-12-11-16-5-3-4-6-19(16)22/h3-10,21H,2,11-15H2,1H3. The van der Waals surface area contributed by atoms with Gasteiger partial charge in [0.1, 0.15) is 12.4 Å². The first-order chi connectivity index (χ1) is 12.3. The number of anilines is 2. The van der Waals surface area contributed by atoms with Gasteiger partial charge in [0.25, 0.3) is 0 Å². The van der Waals surface area contributed by atoms with Gasteiger partial charge < -0.3 is 19.7 Å². The van der Waals surface area contributed by atoms with Crippen molar-refractivity contribution in [1.29, 1.82) is 0 Å². The number of hydrogen-bond acceptors (Lipinski definition) is 4. The zero-order chi connectivity index (χ0) is 17.5. The molecule has 0 unspecified atom stereocenters. The van der Waals surface area contributed by atoms with Gasteiger partial charge in [-0.25, -0.2) is 0 Å². The number of amides is 1. The van der Waals surface area contributed by atoms with Gasteiger partial charge in [0.15, 0.2) is 0 Å². The number of fused-ring (bicyclic) bond motifs is 1. The van der Waals surface area contributed by atoms with Crippen molar-refractivity contribution in [2.45, 2.75) is 13.3 Å². The Morgan fingerprint density at radius 1 is 1.12 bits per heavy atom. The van der Waals surface area contributed by atoms with Crippen LogP contribution >= 0.6 is 0 Å². The number of para-hydroxylation sites is 1. The molecule has 0 saturated carbocycles. The molecule has 0 aromatic heterocycles. The third-order valence-corrected chi connectivity index (χ3v) is 4.19. The Balaban J connectivity index is 1.48. The van der Waals surface area contributed by atoms with Crippen molar-refractivity contribution in [3.8, 4) is 5.75 Å². The second-order valence-corrected chi connectivity index (χ2v) is 5.85. The first-order valence-corrected chi connectivity index (χ1v) is 8.70. The maximum Gasteiger partial charge on any atom is 0.246 e. The monoisotopic (exact) mass is 340 g/mol. The lowest BCUT2D eigenvalue weighted by Crippen LogP contribution is -2.34. The second-order valence-electron chi connectivity index (χ2n) is 5.85. The predicted molar refractivity (Wildman–Crippen MR) is 99.4 cm³/mol. The molecule has 1 heterocycles. The minimum Gasteiger partial charge on any atom is -0.491 e. The lowest BCUT2D eigenvalue weighted by Gasteiger charge is -2.18. The highest BCUT2D eigenvalue weighted by Crippen LogP contribution is 2.27. The summed E-state index contributed by atoms with van der Waals surface area (Å²) in [4.78, 5) is 14.3. The summed E-state index contributed by atoms with van der Waals surface area (Å²) in [6.45, 7) is 4.81. The van der Waals surface area contributed by atoms with E-state index in [1.54, 1.807) is 0 Å². The largest absolute Gasteiger partial charge is 0.491 e. The summed E-state index contributed by atoms with van der Waals surface area (Å²) in [5.74, 6) is 0.882. The minimum atomic E-state index is 0.0852. The summed E-state index contributed by atoms with van der Waals surface area (Å²) in [6.07, 6.45) is 0.926. The van der Waals surface area contributed by atoms with Crippen LogP contribution < -0.4 is 15.0 Å². The van der Waals surface area contributed by atoms with Crippen LogP contribution in [0.2, 0.25) is 0 Å². The highest BCUT2D eigenvalue weighted by Gasteiger charge is 2.23. The lowest BCUT2D eigenvalue weighted by atomic mass is 10.2. The molecule has 1 aliphatic rings. The molecule has 2 aromatic rings. The Kier molecular flexibility index (Phi) is 5.90. The van der Waals surface area contributed by atoms with E-state index >= 15 is 0 Å². The Hall–Kier alpha value is -2.53. The highest BCUT2D eigenvalue weighted by atomic mass is 16.5. The second kappa shape index (κ2) is 8.53. The van der Waals surface area contributed by atoms with E-state index < -0.39 is 0 Å². The molecule has 2 aromatic carbocycles. The van der Waals surface area contributed by atoms with Crippen molar-refractivity contribution in [3.63, 3.8) is 0 Å². The molecular weight excluding hydrogens is 316 g/mol. The van der Waals surface area contributed by atoms with Gasteiger partial charge in [-0.2, -0.15) is 0 Å². The van der Waals surface area contributed by atoms with Gasteiger partial charge in [-0.05, 0) is 49.2 Å². The topological polar surface area (TPSA) is 50.8 Å². The summed E-state index contributed by atoms with van der Waals surface area (Å²) in [5, 5.41) is 3.18. The predicted octanol–water partition coefficient (Wildman–Crippen LogP) is 3.10. The van der Waals surface area contributed by atoms with Crippen LogP contribution in [0.4, 0.5) is 11.4 Å². The molecule has 0 fully saturated rings. The van der Waals surface area contributed by atoms with Crippen LogP contribution in [-0.4, -0.2) is 38.8 Å². The molecule has 0 spiro atoms. The maximum absolute atomic E-state index is 12.5. The van der Waals surface area contributed by atoms with E-state index in [0.29, 0.717) is 19.8 Å². The van der Waals surface area contributed by atoms with E-state index in [4.69, 9.17) is 9.47 Å². The maximum atomic E-state index is 12.5. The summed E-state index contributed by atoms with van der Waals surface area (Å²) < 4.78 is 10.8. The van der Waals surface area contributed by atoms with Gasteiger partial charge in [-0.1, -0.05) is 18.2 Å². The van der Waals surface area contributed by atoms with Crippen LogP contribution in [0.15, 0.2) is 48.5 Å². The van der Waals surface area contributed by atoms with E-state index in [1.165, 1.54) is 5.56 Å². The van der Waals surface area contributed by atoms with Gasteiger partial charge >= 0.3 is 0 Å². The highest BCUT2D eigenvalue weighted by molar-refractivity contribution is 5.98. The average molecular weight is 340 g/mol. The summed E-state index contributed by atoms with van der Waals surface area (Å²) in [6, 6.07) is 15.7. The fourth-order valence-corrected chi connectivity index (χ4v) is 2.90. The SMILES string of the molecule is CCOCCOc1ccc(NCC(=O)N2CCc3ccccc32)cc1. The number of carbonyl (C=O) groups is 1. The van der Waals surface area contributed by atoms with E-state index in [0.717, 1.165) is 30.1 Å². The van der Waals surface area contributed by atoms with Crippen molar-refractivity contribution in [2.24, 2.45) is 0 Å². The van der Waals surface area contributed by atoms with Crippen molar-refractivity contribution < 1.29 is 14.3 Å². The molecule has 5 nitrogen and oxygen atoms in total. The van der Waals surface area contributed by atoms with Crippen LogP contribution in [0.1, 0.15) is 12.5 Å². The fraction of sp³-hybridized carbons (Fsp3) is 0.350. The zero-order valence-electron chi connectivity index (χ0n) is 14.5. The molecule has 0 aliphatic carbocycles. The number of ether oxygens (including phenoxy) is 2. The van der Waals surface area contributed by atoms with Gasteiger partial charge in [0, 0.05) is 24.5 Å². The van der Waals surface area contributed by atoms with E-state index in [-0.39, 0.29) is 12.5 Å². The van der Waals surface area contributed by atoms with Crippen molar-refractivity contribution in [1.82, 2.24) is 0 Å². The van der Waals surface area contributed by atoms with Crippen LogP contribution in [-0.2, 0) is 16.0 Å². The molecule has 0 atom stereocenters. The lowest BCUT2D eigenvalue weighted by molar-refractivity contribution is -0.116. The van der Waals surface area contributed by atoms with Crippen molar-refractivity contribution in [2.75, 3.05) is 43.1 Å². The first kappa shape index (κ1) is 17.3. The Morgan fingerprint density at radius 2 is 1.92 bits per heavy atom. The molecule has 132 valence electrons. The van der Waals surface area contributed by atoms with Gasteiger partial charge in [-0.15, -0.1) is 0 Å². The van der Waals surface area contributed by atoms with Crippen LogP contribution in [0, 0.1) is 0 Å². The Labute approximate surface area is 148 Å². The smallest absolute Gasteiger partial charge is 0.246 e. The normalized spacial score (nSPS) is 12.8. The molecule has 0 bridgehead atoms. The minimum absolute atomic E-state index is 0.0852. The van der Waals surface area contributed by atoms with Crippen LogP contribution in [0.25, 0.3) is 0 Å². The molecule has 3 rings (SSSR count). The molecule has 0 radical (unpaired) electrons. The van der Waals surface area contributed by atoms with Crippen LogP contribution in [0.5, 0.6) is 5.75 Å².